The second-order valence-corrected chi connectivity index (χ2v) is 7.28. The summed E-state index contributed by atoms with van der Waals surface area (Å²) in [6, 6.07) is 22.9. The van der Waals surface area contributed by atoms with E-state index in [2.05, 4.69) is 10.6 Å². The summed E-state index contributed by atoms with van der Waals surface area (Å²) in [5, 5.41) is 5.57. The van der Waals surface area contributed by atoms with Gasteiger partial charge < -0.3 is 20.3 Å². The Hall–Kier alpha value is -4.13. The quantitative estimate of drug-likeness (QED) is 0.573. The van der Waals surface area contributed by atoms with E-state index in [0.717, 1.165) is 5.56 Å². The number of carbonyl (C=O) groups is 3. The molecule has 0 aliphatic heterocycles. The van der Waals surface area contributed by atoms with Crippen LogP contribution in [0.15, 0.2) is 78.9 Å². The van der Waals surface area contributed by atoms with Crippen LogP contribution >= 0.6 is 0 Å². The first-order valence-electron chi connectivity index (χ1n) is 10.1. The number of rotatable bonds is 8. The fraction of sp³-hybridized carbons (Fsp3) is 0.160. The highest BCUT2D eigenvalue weighted by Crippen LogP contribution is 2.18. The van der Waals surface area contributed by atoms with Gasteiger partial charge in [-0.3, -0.25) is 14.4 Å². The number of ether oxygens (including phenoxy) is 1. The molecule has 2 N–H and O–H groups in total. The molecule has 0 saturated heterocycles. The molecule has 7 heteroatoms. The van der Waals surface area contributed by atoms with Crippen LogP contribution in [0.4, 0.5) is 5.69 Å². The van der Waals surface area contributed by atoms with Crippen molar-refractivity contribution in [2.75, 3.05) is 26.0 Å². The maximum Gasteiger partial charge on any atom is 0.262 e. The Morgan fingerprint density at radius 2 is 1.50 bits per heavy atom. The average Bonchev–Trinajstić information content (AvgIpc) is 2.82. The largest absolute Gasteiger partial charge is 0.483 e. The second-order valence-electron chi connectivity index (χ2n) is 7.28. The summed E-state index contributed by atoms with van der Waals surface area (Å²) in [5.74, 6) is -0.462. The monoisotopic (exact) mass is 431 g/mol. The molecule has 0 aliphatic rings. The molecule has 0 spiro atoms. The number of anilines is 1. The summed E-state index contributed by atoms with van der Waals surface area (Å²) in [6.07, 6.45) is 0. The van der Waals surface area contributed by atoms with Crippen molar-refractivity contribution < 1.29 is 19.1 Å². The first-order chi connectivity index (χ1) is 15.4. The average molecular weight is 431 g/mol. The van der Waals surface area contributed by atoms with E-state index in [-0.39, 0.29) is 24.3 Å². The van der Waals surface area contributed by atoms with Crippen LogP contribution in [-0.4, -0.2) is 43.3 Å². The fourth-order valence-electron chi connectivity index (χ4n) is 2.95. The zero-order valence-corrected chi connectivity index (χ0v) is 18.0. The van der Waals surface area contributed by atoms with Crippen molar-refractivity contribution in [1.29, 1.82) is 0 Å². The van der Waals surface area contributed by atoms with Gasteiger partial charge >= 0.3 is 0 Å². The number of amides is 3. The number of carbonyl (C=O) groups excluding carboxylic acids is 3. The molecule has 0 unspecified atom stereocenters. The van der Waals surface area contributed by atoms with E-state index in [9.17, 15) is 14.4 Å². The van der Waals surface area contributed by atoms with Gasteiger partial charge in [-0.25, -0.2) is 0 Å². The van der Waals surface area contributed by atoms with Crippen LogP contribution in [0.1, 0.15) is 26.3 Å². The first-order valence-corrected chi connectivity index (χ1v) is 10.1. The van der Waals surface area contributed by atoms with Gasteiger partial charge in [0.1, 0.15) is 5.75 Å². The van der Waals surface area contributed by atoms with Gasteiger partial charge in [0.2, 0.25) is 0 Å². The topological polar surface area (TPSA) is 87.7 Å². The number of nitrogens with zero attached hydrogens (tertiary/aromatic N) is 1. The number of para-hydroxylation sites is 1. The van der Waals surface area contributed by atoms with Crippen LogP contribution in [0.25, 0.3) is 0 Å². The SMILES string of the molecule is CN(C)C(=O)c1ccc(NC(=O)COc2ccccc2C(=O)NCc2ccccc2)cc1. The predicted molar refractivity (Wildman–Crippen MR) is 123 cm³/mol. The van der Waals surface area contributed by atoms with Gasteiger partial charge in [-0.15, -0.1) is 0 Å². The summed E-state index contributed by atoms with van der Waals surface area (Å²) >= 11 is 0. The molecule has 0 aromatic heterocycles. The smallest absolute Gasteiger partial charge is 0.262 e. The van der Waals surface area contributed by atoms with E-state index in [1.165, 1.54) is 4.90 Å². The first kappa shape index (κ1) is 22.6. The van der Waals surface area contributed by atoms with E-state index in [0.29, 0.717) is 29.1 Å². The molecule has 3 aromatic rings. The molecular formula is C25H25N3O4. The molecule has 0 aliphatic carbocycles. The third kappa shape index (κ3) is 6.18. The van der Waals surface area contributed by atoms with Crippen LogP contribution in [0.5, 0.6) is 5.75 Å². The molecule has 164 valence electrons. The Morgan fingerprint density at radius 1 is 0.844 bits per heavy atom. The predicted octanol–water partition coefficient (Wildman–Crippen LogP) is 3.34. The van der Waals surface area contributed by atoms with Crippen molar-refractivity contribution in [3.8, 4) is 5.75 Å². The van der Waals surface area contributed by atoms with E-state index >= 15 is 0 Å². The summed E-state index contributed by atoms with van der Waals surface area (Å²) in [5.41, 5.74) is 2.40. The lowest BCUT2D eigenvalue weighted by atomic mass is 10.1. The number of nitrogens with one attached hydrogen (secondary N) is 2. The fourth-order valence-corrected chi connectivity index (χ4v) is 2.95. The maximum atomic E-state index is 12.6. The Labute approximate surface area is 187 Å². The minimum absolute atomic E-state index is 0.117. The standard InChI is InChI=1S/C25H25N3O4/c1-28(2)25(31)19-12-14-20(15-13-19)27-23(29)17-32-22-11-7-6-10-21(22)24(30)26-16-18-8-4-3-5-9-18/h3-15H,16-17H2,1-2H3,(H,26,30)(H,27,29). The highest BCUT2D eigenvalue weighted by atomic mass is 16.5. The Balaban J connectivity index is 1.55. The molecule has 0 atom stereocenters. The second kappa shape index (κ2) is 10.8. The van der Waals surface area contributed by atoms with E-state index in [1.54, 1.807) is 62.6 Å². The molecule has 3 rings (SSSR count). The molecule has 0 bridgehead atoms. The molecule has 32 heavy (non-hydrogen) atoms. The van der Waals surface area contributed by atoms with Crippen molar-refractivity contribution in [1.82, 2.24) is 10.2 Å². The van der Waals surface area contributed by atoms with Gasteiger partial charge in [0.05, 0.1) is 5.56 Å². The summed E-state index contributed by atoms with van der Waals surface area (Å²) < 4.78 is 5.60. The van der Waals surface area contributed by atoms with Crippen molar-refractivity contribution >= 4 is 23.4 Å². The van der Waals surface area contributed by atoms with Crippen molar-refractivity contribution in [2.45, 2.75) is 6.54 Å². The zero-order valence-electron chi connectivity index (χ0n) is 18.0. The van der Waals surface area contributed by atoms with E-state index < -0.39 is 0 Å². The van der Waals surface area contributed by atoms with Crippen molar-refractivity contribution in [3.05, 3.63) is 95.6 Å². The van der Waals surface area contributed by atoms with E-state index in [1.807, 2.05) is 30.3 Å². The molecule has 3 aromatic carbocycles. The number of hydrogen-bond donors (Lipinski definition) is 2. The summed E-state index contributed by atoms with van der Waals surface area (Å²) in [6.45, 7) is 0.127. The highest BCUT2D eigenvalue weighted by Gasteiger charge is 2.14. The molecular weight excluding hydrogens is 406 g/mol. The van der Waals surface area contributed by atoms with Crippen LogP contribution in [0.2, 0.25) is 0 Å². The number of benzene rings is 3. The number of hydrogen-bond acceptors (Lipinski definition) is 4. The third-order valence-corrected chi connectivity index (χ3v) is 4.61. The maximum absolute atomic E-state index is 12.6. The summed E-state index contributed by atoms with van der Waals surface area (Å²) in [7, 11) is 3.35. The minimum atomic E-state index is -0.379. The Bertz CT molecular complexity index is 1080. The molecule has 0 fully saturated rings. The van der Waals surface area contributed by atoms with Crippen LogP contribution in [0, 0.1) is 0 Å². The van der Waals surface area contributed by atoms with Gasteiger partial charge in [0.25, 0.3) is 17.7 Å². The zero-order chi connectivity index (χ0) is 22.9. The van der Waals surface area contributed by atoms with Gasteiger partial charge in [0.15, 0.2) is 6.61 Å². The van der Waals surface area contributed by atoms with Gasteiger partial charge in [-0.1, -0.05) is 42.5 Å². The van der Waals surface area contributed by atoms with Crippen molar-refractivity contribution in [2.24, 2.45) is 0 Å². The van der Waals surface area contributed by atoms with Crippen LogP contribution in [0.3, 0.4) is 0 Å². The Kier molecular flexibility index (Phi) is 7.59. The molecule has 7 nitrogen and oxygen atoms in total. The highest BCUT2D eigenvalue weighted by molar-refractivity contribution is 5.97. The van der Waals surface area contributed by atoms with Crippen molar-refractivity contribution in [3.63, 3.8) is 0 Å². The van der Waals surface area contributed by atoms with Crippen LogP contribution < -0.4 is 15.4 Å². The molecule has 3 amide bonds. The van der Waals surface area contributed by atoms with Gasteiger partial charge in [-0.05, 0) is 42.0 Å². The third-order valence-electron chi connectivity index (χ3n) is 4.61. The molecule has 0 radical (unpaired) electrons. The molecule has 0 heterocycles. The lowest BCUT2D eigenvalue weighted by molar-refractivity contribution is -0.118. The van der Waals surface area contributed by atoms with Crippen LogP contribution in [-0.2, 0) is 11.3 Å². The molecule has 0 saturated carbocycles. The lowest BCUT2D eigenvalue weighted by Crippen LogP contribution is -2.25. The van der Waals surface area contributed by atoms with Gasteiger partial charge in [0, 0.05) is 31.9 Å². The Morgan fingerprint density at radius 3 is 2.19 bits per heavy atom. The minimum Gasteiger partial charge on any atom is -0.483 e. The lowest BCUT2D eigenvalue weighted by Gasteiger charge is -2.13. The summed E-state index contributed by atoms with van der Waals surface area (Å²) in [4.78, 5) is 38.3. The normalized spacial score (nSPS) is 10.2. The van der Waals surface area contributed by atoms with Gasteiger partial charge in [-0.2, -0.15) is 0 Å². The van der Waals surface area contributed by atoms with E-state index in [4.69, 9.17) is 4.74 Å².